The van der Waals surface area contributed by atoms with Crippen LogP contribution in [-0.2, 0) is 9.59 Å². The Balaban J connectivity index is 1.88. The SMILES string of the molecule is COc1ccc(C)cc1NC1=C(c2ccc([N+](=O)[O-])cc2)C(=O)N(c2cc(C)ccc2C)C1=O. The smallest absolute Gasteiger partial charge is 0.282 e. The van der Waals surface area contributed by atoms with Crippen molar-refractivity contribution in [1.82, 2.24) is 0 Å². The third-order valence-electron chi connectivity index (χ3n) is 5.67. The zero-order valence-electron chi connectivity index (χ0n) is 19.2. The summed E-state index contributed by atoms with van der Waals surface area (Å²) in [6.45, 7) is 5.62. The maximum absolute atomic E-state index is 13.7. The van der Waals surface area contributed by atoms with E-state index in [4.69, 9.17) is 4.74 Å². The fourth-order valence-corrected chi connectivity index (χ4v) is 3.90. The summed E-state index contributed by atoms with van der Waals surface area (Å²) < 4.78 is 5.43. The van der Waals surface area contributed by atoms with Crippen LogP contribution >= 0.6 is 0 Å². The van der Waals surface area contributed by atoms with Gasteiger partial charge in [-0.1, -0.05) is 18.2 Å². The van der Waals surface area contributed by atoms with Gasteiger partial charge in [0.1, 0.15) is 11.4 Å². The molecule has 0 radical (unpaired) electrons. The number of hydrogen-bond donors (Lipinski definition) is 1. The topological polar surface area (TPSA) is 102 Å². The Morgan fingerprint density at radius 2 is 1.53 bits per heavy atom. The number of non-ortho nitro benzene ring substituents is 1. The van der Waals surface area contributed by atoms with Crippen LogP contribution in [0.25, 0.3) is 5.57 Å². The van der Waals surface area contributed by atoms with Gasteiger partial charge in [0.15, 0.2) is 0 Å². The molecule has 172 valence electrons. The molecule has 34 heavy (non-hydrogen) atoms. The lowest BCUT2D eigenvalue weighted by Gasteiger charge is -2.19. The Kier molecular flexibility index (Phi) is 5.89. The molecule has 0 atom stereocenters. The van der Waals surface area contributed by atoms with Crippen LogP contribution in [0.4, 0.5) is 17.1 Å². The van der Waals surface area contributed by atoms with Gasteiger partial charge in [0, 0.05) is 12.1 Å². The quantitative estimate of drug-likeness (QED) is 0.320. The van der Waals surface area contributed by atoms with Gasteiger partial charge in [0.2, 0.25) is 0 Å². The molecule has 8 nitrogen and oxygen atoms in total. The van der Waals surface area contributed by atoms with Gasteiger partial charge >= 0.3 is 0 Å². The lowest BCUT2D eigenvalue weighted by atomic mass is 10.0. The molecular weight excluding hydrogens is 434 g/mol. The molecule has 3 aromatic rings. The fourth-order valence-electron chi connectivity index (χ4n) is 3.90. The number of anilines is 2. The monoisotopic (exact) mass is 457 g/mol. The Bertz CT molecular complexity index is 1360. The first kappa shape index (κ1) is 22.7. The van der Waals surface area contributed by atoms with Crippen LogP contribution in [0.5, 0.6) is 5.75 Å². The van der Waals surface area contributed by atoms with Crippen molar-refractivity contribution in [3.8, 4) is 5.75 Å². The first-order valence-electron chi connectivity index (χ1n) is 10.6. The van der Waals surface area contributed by atoms with E-state index in [1.165, 1.54) is 31.4 Å². The zero-order chi connectivity index (χ0) is 24.6. The van der Waals surface area contributed by atoms with E-state index in [-0.39, 0.29) is 17.0 Å². The average Bonchev–Trinajstić information content (AvgIpc) is 3.05. The molecule has 0 spiro atoms. The fraction of sp³-hybridized carbons (Fsp3) is 0.154. The van der Waals surface area contributed by atoms with Crippen LogP contribution in [0, 0.1) is 30.9 Å². The summed E-state index contributed by atoms with van der Waals surface area (Å²) >= 11 is 0. The van der Waals surface area contributed by atoms with E-state index in [0.29, 0.717) is 22.7 Å². The summed E-state index contributed by atoms with van der Waals surface area (Å²) in [7, 11) is 1.52. The number of amides is 2. The highest BCUT2D eigenvalue weighted by atomic mass is 16.6. The van der Waals surface area contributed by atoms with Crippen molar-refractivity contribution in [2.75, 3.05) is 17.3 Å². The number of nitro benzene ring substituents is 1. The van der Waals surface area contributed by atoms with Crippen molar-refractivity contribution in [3.05, 3.63) is 98.7 Å². The molecule has 0 aliphatic carbocycles. The van der Waals surface area contributed by atoms with E-state index in [1.54, 1.807) is 12.1 Å². The zero-order valence-corrected chi connectivity index (χ0v) is 19.2. The van der Waals surface area contributed by atoms with Crippen LogP contribution in [-0.4, -0.2) is 23.8 Å². The van der Waals surface area contributed by atoms with E-state index in [1.807, 2.05) is 45.0 Å². The van der Waals surface area contributed by atoms with Crippen molar-refractivity contribution in [2.45, 2.75) is 20.8 Å². The molecule has 2 amide bonds. The maximum Gasteiger partial charge on any atom is 0.282 e. The van der Waals surface area contributed by atoms with Crippen LogP contribution in [0.2, 0.25) is 0 Å². The van der Waals surface area contributed by atoms with Crippen molar-refractivity contribution in [2.24, 2.45) is 0 Å². The normalized spacial score (nSPS) is 13.5. The molecule has 1 aliphatic heterocycles. The van der Waals surface area contributed by atoms with E-state index < -0.39 is 16.7 Å². The molecule has 0 fully saturated rings. The number of hydrogen-bond acceptors (Lipinski definition) is 6. The number of nitro groups is 1. The third-order valence-corrected chi connectivity index (χ3v) is 5.67. The largest absolute Gasteiger partial charge is 0.495 e. The van der Waals surface area contributed by atoms with Gasteiger partial charge < -0.3 is 10.1 Å². The second-order valence-corrected chi connectivity index (χ2v) is 8.12. The minimum Gasteiger partial charge on any atom is -0.495 e. The Labute approximate surface area is 196 Å². The first-order valence-corrected chi connectivity index (χ1v) is 10.6. The molecule has 1 heterocycles. The van der Waals surface area contributed by atoms with E-state index in [2.05, 4.69) is 5.32 Å². The molecule has 8 heteroatoms. The Morgan fingerprint density at radius 3 is 2.18 bits per heavy atom. The lowest BCUT2D eigenvalue weighted by Crippen LogP contribution is -2.33. The minimum absolute atomic E-state index is 0.0728. The van der Waals surface area contributed by atoms with Gasteiger partial charge in [0.25, 0.3) is 17.5 Å². The predicted molar refractivity (Wildman–Crippen MR) is 130 cm³/mol. The summed E-state index contributed by atoms with van der Waals surface area (Å²) in [6, 6.07) is 16.6. The minimum atomic E-state index is -0.518. The number of aryl methyl sites for hydroxylation is 3. The summed E-state index contributed by atoms with van der Waals surface area (Å²) in [5.74, 6) is -0.524. The molecule has 0 saturated carbocycles. The predicted octanol–water partition coefficient (Wildman–Crippen LogP) is 4.93. The number of methoxy groups -OCH3 is 1. The van der Waals surface area contributed by atoms with Crippen molar-refractivity contribution >= 4 is 34.4 Å². The number of benzene rings is 3. The number of imide groups is 1. The standard InChI is InChI=1S/C26H23N3O5/c1-15-6-12-22(34-4)20(13-15)27-24-23(18-8-10-19(11-9-18)29(32)33)25(30)28(26(24)31)21-14-16(2)5-7-17(21)3/h5-14,27H,1-4H3. The van der Waals surface area contributed by atoms with Gasteiger partial charge in [-0.15, -0.1) is 0 Å². The summed E-state index contributed by atoms with van der Waals surface area (Å²) in [4.78, 5) is 39.1. The Hall–Kier alpha value is -4.46. The number of ether oxygens (including phenoxy) is 1. The number of nitrogens with zero attached hydrogens (tertiary/aromatic N) is 2. The van der Waals surface area contributed by atoms with E-state index in [9.17, 15) is 19.7 Å². The number of rotatable bonds is 6. The Morgan fingerprint density at radius 1 is 0.882 bits per heavy atom. The lowest BCUT2D eigenvalue weighted by molar-refractivity contribution is -0.384. The van der Waals surface area contributed by atoms with Crippen LogP contribution < -0.4 is 15.0 Å². The van der Waals surface area contributed by atoms with Crippen LogP contribution in [0.1, 0.15) is 22.3 Å². The van der Waals surface area contributed by atoms with Gasteiger partial charge in [-0.2, -0.15) is 0 Å². The van der Waals surface area contributed by atoms with Gasteiger partial charge in [-0.3, -0.25) is 19.7 Å². The van der Waals surface area contributed by atoms with Crippen molar-refractivity contribution in [3.63, 3.8) is 0 Å². The van der Waals surface area contributed by atoms with Gasteiger partial charge in [0.05, 0.1) is 29.0 Å². The summed E-state index contributed by atoms with van der Waals surface area (Å²) in [6.07, 6.45) is 0. The van der Waals surface area contributed by atoms with E-state index >= 15 is 0 Å². The second kappa shape index (κ2) is 8.82. The first-order chi connectivity index (χ1) is 16.2. The molecule has 0 bridgehead atoms. The third kappa shape index (κ3) is 4.01. The molecule has 3 aromatic carbocycles. The summed E-state index contributed by atoms with van der Waals surface area (Å²) in [5.41, 5.74) is 4.11. The molecule has 0 unspecified atom stereocenters. The van der Waals surface area contributed by atoms with Crippen molar-refractivity contribution in [1.29, 1.82) is 0 Å². The van der Waals surface area contributed by atoms with Gasteiger partial charge in [-0.05, 0) is 73.4 Å². The number of carbonyl (C=O) groups is 2. The summed E-state index contributed by atoms with van der Waals surface area (Å²) in [5, 5.41) is 14.2. The van der Waals surface area contributed by atoms with E-state index in [0.717, 1.165) is 21.6 Å². The van der Waals surface area contributed by atoms with Crippen molar-refractivity contribution < 1.29 is 19.2 Å². The average molecular weight is 457 g/mol. The molecule has 1 N–H and O–H groups in total. The molecule has 1 aliphatic rings. The van der Waals surface area contributed by atoms with Crippen LogP contribution in [0.3, 0.4) is 0 Å². The number of nitrogens with one attached hydrogen (secondary N) is 1. The molecular formula is C26H23N3O5. The maximum atomic E-state index is 13.7. The highest BCUT2D eigenvalue weighted by molar-refractivity contribution is 6.46. The van der Waals surface area contributed by atoms with Crippen LogP contribution in [0.15, 0.2) is 66.4 Å². The second-order valence-electron chi connectivity index (χ2n) is 8.12. The molecule has 0 aromatic heterocycles. The highest BCUT2D eigenvalue weighted by Crippen LogP contribution is 2.37. The highest BCUT2D eigenvalue weighted by Gasteiger charge is 2.41. The number of carbonyl (C=O) groups excluding carboxylic acids is 2. The molecule has 0 saturated heterocycles. The molecule has 4 rings (SSSR count). The van der Waals surface area contributed by atoms with Gasteiger partial charge in [-0.25, -0.2) is 4.90 Å².